The van der Waals surface area contributed by atoms with Gasteiger partial charge in [-0.25, -0.2) is 14.4 Å². The summed E-state index contributed by atoms with van der Waals surface area (Å²) in [6.07, 6.45) is 14.0. The molecule has 45 heavy (non-hydrogen) atoms. The third-order valence-corrected chi connectivity index (χ3v) is 10.9. The molecule has 8 nitrogen and oxygen atoms in total. The predicted octanol–water partition coefficient (Wildman–Crippen LogP) is 6.89. The van der Waals surface area contributed by atoms with Gasteiger partial charge in [-0.1, -0.05) is 24.1 Å². The molecule has 2 atom stereocenters. The SMILES string of the molecule is CN1CCC2(CC1)CC(COc1cc3ncnc(Nc4ccc(F)c(Cl)c4)c3cc1NC(=O)C=CCN1CC3CCCC3C1)C2. The monoisotopic (exact) mass is 632 g/mol. The third-order valence-electron chi connectivity index (χ3n) is 10.6. The fourth-order valence-electron chi connectivity index (χ4n) is 8.07. The molecular formula is C35H42ClFN6O2. The van der Waals surface area contributed by atoms with Crippen molar-refractivity contribution in [3.63, 3.8) is 0 Å². The van der Waals surface area contributed by atoms with Gasteiger partial charge in [-0.05, 0) is 106 Å². The van der Waals surface area contributed by atoms with Gasteiger partial charge in [0.2, 0.25) is 5.91 Å². The fourth-order valence-corrected chi connectivity index (χ4v) is 8.25. The number of fused-ring (bicyclic) bond motifs is 2. The molecule has 238 valence electrons. The third kappa shape index (κ3) is 6.81. The summed E-state index contributed by atoms with van der Waals surface area (Å²) < 4.78 is 20.2. The normalized spacial score (nSPS) is 23.4. The number of amides is 1. The van der Waals surface area contributed by atoms with E-state index in [4.69, 9.17) is 16.3 Å². The van der Waals surface area contributed by atoms with Crippen molar-refractivity contribution in [2.24, 2.45) is 23.2 Å². The maximum atomic E-state index is 13.8. The fraction of sp³-hybridized carbons (Fsp3) is 0.514. The highest BCUT2D eigenvalue weighted by Crippen LogP contribution is 2.52. The van der Waals surface area contributed by atoms with E-state index in [1.54, 1.807) is 12.1 Å². The number of benzene rings is 2. The summed E-state index contributed by atoms with van der Waals surface area (Å²) in [7, 11) is 2.20. The summed E-state index contributed by atoms with van der Waals surface area (Å²) in [5, 5.41) is 7.01. The Hall–Kier alpha value is -3.27. The smallest absolute Gasteiger partial charge is 0.248 e. The van der Waals surface area contributed by atoms with E-state index in [1.165, 1.54) is 76.5 Å². The Kier molecular flexibility index (Phi) is 8.68. The summed E-state index contributed by atoms with van der Waals surface area (Å²) in [5.74, 6) is 2.56. The van der Waals surface area contributed by atoms with Crippen LogP contribution in [0.5, 0.6) is 5.75 Å². The number of nitrogens with one attached hydrogen (secondary N) is 2. The van der Waals surface area contributed by atoms with E-state index in [0.29, 0.717) is 51.8 Å². The Morgan fingerprint density at radius 2 is 1.91 bits per heavy atom. The minimum atomic E-state index is -0.490. The molecule has 0 bridgehead atoms. The molecule has 3 aromatic rings. The molecule has 4 fully saturated rings. The quantitative estimate of drug-likeness (QED) is 0.249. The van der Waals surface area contributed by atoms with Crippen molar-refractivity contribution in [3.05, 3.63) is 59.7 Å². The first-order valence-electron chi connectivity index (χ1n) is 16.3. The van der Waals surface area contributed by atoms with E-state index < -0.39 is 5.82 Å². The molecular weight excluding hydrogens is 591 g/mol. The van der Waals surface area contributed by atoms with Gasteiger partial charge in [-0.2, -0.15) is 0 Å². The van der Waals surface area contributed by atoms with Crippen LogP contribution < -0.4 is 15.4 Å². The highest BCUT2D eigenvalue weighted by atomic mass is 35.5. The van der Waals surface area contributed by atoms with Crippen molar-refractivity contribution >= 4 is 45.6 Å². The molecule has 2 aliphatic carbocycles. The van der Waals surface area contributed by atoms with Crippen molar-refractivity contribution in [2.45, 2.75) is 44.9 Å². The second kappa shape index (κ2) is 12.9. The van der Waals surface area contributed by atoms with Gasteiger partial charge in [-0.3, -0.25) is 9.69 Å². The van der Waals surface area contributed by atoms with E-state index >= 15 is 0 Å². The molecule has 10 heteroatoms. The van der Waals surface area contributed by atoms with Gasteiger partial charge in [0.25, 0.3) is 0 Å². The minimum absolute atomic E-state index is 0.0175. The number of carbonyl (C=O) groups excluding carboxylic acids is 1. The highest BCUT2D eigenvalue weighted by molar-refractivity contribution is 6.31. The minimum Gasteiger partial charge on any atom is -0.491 e. The van der Waals surface area contributed by atoms with Gasteiger partial charge in [0.05, 0.1) is 22.8 Å². The summed E-state index contributed by atoms with van der Waals surface area (Å²) in [6.45, 7) is 5.98. The largest absolute Gasteiger partial charge is 0.491 e. The van der Waals surface area contributed by atoms with E-state index in [0.717, 1.165) is 31.5 Å². The lowest BCUT2D eigenvalue weighted by molar-refractivity contribution is -0.111. The van der Waals surface area contributed by atoms with Crippen LogP contribution in [0.15, 0.2) is 48.8 Å². The van der Waals surface area contributed by atoms with Crippen LogP contribution in [0, 0.1) is 29.0 Å². The second-order valence-corrected chi connectivity index (χ2v) is 14.2. The Bertz CT molecular complexity index is 1570. The van der Waals surface area contributed by atoms with Crippen LogP contribution in [0.3, 0.4) is 0 Å². The number of aromatic nitrogens is 2. The highest BCUT2D eigenvalue weighted by Gasteiger charge is 2.45. The molecule has 2 saturated heterocycles. The first kappa shape index (κ1) is 30.4. The van der Waals surface area contributed by atoms with Crippen molar-refractivity contribution < 1.29 is 13.9 Å². The molecule has 0 radical (unpaired) electrons. The molecule has 1 amide bonds. The standard InChI is InChI=1S/C35H42ClFN6O2/c1-42-12-9-35(10-13-42)17-23(18-35)21-45-32-16-30-27(34(39-22-38-30)40-26-7-8-29(37)28(36)14-26)15-31(32)41-33(44)6-3-11-43-19-24-4-2-5-25(24)20-43/h3,6-8,14-16,22-25H,2,4-5,9-13,17-21H2,1H3,(H,41,44)(H,38,39,40). The number of carbonyl (C=O) groups is 1. The van der Waals surface area contributed by atoms with E-state index in [2.05, 4.69) is 37.4 Å². The van der Waals surface area contributed by atoms with Crippen LogP contribution in [0.2, 0.25) is 5.02 Å². The average molecular weight is 633 g/mol. The number of rotatable bonds is 9. The van der Waals surface area contributed by atoms with E-state index in [9.17, 15) is 9.18 Å². The zero-order valence-corrected chi connectivity index (χ0v) is 26.7. The second-order valence-electron chi connectivity index (χ2n) is 13.8. The van der Waals surface area contributed by atoms with Gasteiger partial charge >= 0.3 is 0 Å². The first-order chi connectivity index (χ1) is 21.8. The molecule has 7 rings (SSSR count). The first-order valence-corrected chi connectivity index (χ1v) is 16.7. The number of piperidine rings is 1. The predicted molar refractivity (Wildman–Crippen MR) is 177 cm³/mol. The molecule has 2 aliphatic heterocycles. The molecule has 2 saturated carbocycles. The van der Waals surface area contributed by atoms with Crippen LogP contribution in [0.25, 0.3) is 10.9 Å². The van der Waals surface area contributed by atoms with Crippen molar-refractivity contribution in [3.8, 4) is 5.75 Å². The zero-order valence-electron chi connectivity index (χ0n) is 25.9. The van der Waals surface area contributed by atoms with Crippen molar-refractivity contribution in [2.75, 3.05) is 57.0 Å². The van der Waals surface area contributed by atoms with Crippen LogP contribution in [0.1, 0.15) is 44.9 Å². The molecule has 2 unspecified atom stereocenters. The molecule has 2 aromatic carbocycles. The van der Waals surface area contributed by atoms with E-state index in [1.807, 2.05) is 18.2 Å². The number of nitrogens with zero attached hydrogens (tertiary/aromatic N) is 4. The van der Waals surface area contributed by atoms with Crippen LogP contribution in [-0.2, 0) is 4.79 Å². The zero-order chi connectivity index (χ0) is 31.0. The maximum Gasteiger partial charge on any atom is 0.248 e. The average Bonchev–Trinajstić information content (AvgIpc) is 3.60. The van der Waals surface area contributed by atoms with Crippen LogP contribution in [-0.4, -0.2) is 72.1 Å². The number of hydrogen-bond acceptors (Lipinski definition) is 7. The lowest BCUT2D eigenvalue weighted by Gasteiger charge is -2.51. The number of ether oxygens (including phenoxy) is 1. The molecule has 2 N–H and O–H groups in total. The molecule has 4 aliphatic rings. The lowest BCUT2D eigenvalue weighted by atomic mass is 9.58. The Morgan fingerprint density at radius 3 is 2.67 bits per heavy atom. The van der Waals surface area contributed by atoms with Gasteiger partial charge in [0.15, 0.2) is 0 Å². The Balaban J connectivity index is 1.08. The topological polar surface area (TPSA) is 82.6 Å². The van der Waals surface area contributed by atoms with Gasteiger partial charge in [-0.15, -0.1) is 0 Å². The molecule has 1 spiro atoms. The Labute approximate surface area is 269 Å². The number of halogens is 2. The van der Waals surface area contributed by atoms with Gasteiger partial charge in [0.1, 0.15) is 23.7 Å². The number of likely N-dealkylation sites (tertiary alicyclic amines) is 2. The van der Waals surface area contributed by atoms with Crippen molar-refractivity contribution in [1.29, 1.82) is 0 Å². The molecule has 3 heterocycles. The van der Waals surface area contributed by atoms with Gasteiger partial charge < -0.3 is 20.3 Å². The number of anilines is 3. The summed E-state index contributed by atoms with van der Waals surface area (Å²) >= 11 is 6.02. The summed E-state index contributed by atoms with van der Waals surface area (Å²) in [4.78, 5) is 27.0. The number of hydrogen-bond donors (Lipinski definition) is 2. The maximum absolute atomic E-state index is 13.8. The van der Waals surface area contributed by atoms with Crippen LogP contribution in [0.4, 0.5) is 21.6 Å². The summed E-state index contributed by atoms with van der Waals surface area (Å²) in [6, 6.07) is 8.14. The van der Waals surface area contributed by atoms with Crippen molar-refractivity contribution in [1.82, 2.24) is 19.8 Å². The summed E-state index contributed by atoms with van der Waals surface area (Å²) in [5.41, 5.74) is 2.30. The van der Waals surface area contributed by atoms with E-state index in [-0.39, 0.29) is 10.9 Å². The lowest BCUT2D eigenvalue weighted by Crippen LogP contribution is -2.47. The molecule has 1 aromatic heterocycles. The van der Waals surface area contributed by atoms with Crippen LogP contribution >= 0.6 is 11.6 Å². The van der Waals surface area contributed by atoms with Gasteiger partial charge in [0, 0.05) is 42.9 Å². The Morgan fingerprint density at radius 1 is 1.13 bits per heavy atom.